The van der Waals surface area contributed by atoms with Crippen LogP contribution in [0, 0.1) is 6.92 Å². The monoisotopic (exact) mass is 706 g/mol. The lowest BCUT2D eigenvalue weighted by molar-refractivity contribution is -0.125. The summed E-state index contributed by atoms with van der Waals surface area (Å²) in [4.78, 5) is 58.2. The fourth-order valence-corrected chi connectivity index (χ4v) is 6.67. The highest BCUT2D eigenvalue weighted by Crippen LogP contribution is 2.30. The first-order chi connectivity index (χ1) is 25.2. The van der Waals surface area contributed by atoms with Crippen LogP contribution in [0.2, 0.25) is 0 Å². The van der Waals surface area contributed by atoms with Crippen molar-refractivity contribution in [2.45, 2.75) is 77.8 Å². The van der Waals surface area contributed by atoms with Crippen LogP contribution in [0.25, 0.3) is 5.69 Å². The number of rotatable bonds is 15. The maximum atomic E-state index is 14.7. The molecule has 0 spiro atoms. The molecule has 3 N–H and O–H groups in total. The van der Waals surface area contributed by atoms with E-state index in [9.17, 15) is 24.3 Å². The molecule has 1 aliphatic rings. The van der Waals surface area contributed by atoms with E-state index in [1.54, 1.807) is 46.0 Å². The Morgan fingerprint density at radius 3 is 2.25 bits per heavy atom. The second kappa shape index (κ2) is 17.8. The molecule has 5 rings (SSSR count). The number of hydrogen-bond acceptors (Lipinski definition) is 6. The second-order valence-corrected chi connectivity index (χ2v) is 13.4. The lowest BCUT2D eigenvalue weighted by atomic mass is 9.93. The number of carbonyl (C=O) groups is 4. The normalized spacial score (nSPS) is 14.3. The fraction of sp³-hybridized carbons (Fsp3) is 0.390. The maximum absolute atomic E-state index is 14.7. The Labute approximate surface area is 306 Å². The lowest BCUT2D eigenvalue weighted by Gasteiger charge is -2.36. The highest BCUT2D eigenvalue weighted by atomic mass is 16.3. The van der Waals surface area contributed by atoms with Gasteiger partial charge in [0.2, 0.25) is 11.8 Å². The molecule has 3 aromatic carbocycles. The highest BCUT2D eigenvalue weighted by molar-refractivity contribution is 6.02. The average molecular weight is 707 g/mol. The molecule has 1 aliphatic heterocycles. The predicted octanol–water partition coefficient (Wildman–Crippen LogP) is 5.64. The minimum atomic E-state index is -0.775. The molecule has 52 heavy (non-hydrogen) atoms. The summed E-state index contributed by atoms with van der Waals surface area (Å²) in [5.74, 6) is -1.96. The molecule has 0 aliphatic carbocycles. The molecular formula is C41H50N6O5. The van der Waals surface area contributed by atoms with Crippen molar-refractivity contribution in [3.63, 3.8) is 0 Å². The summed E-state index contributed by atoms with van der Waals surface area (Å²) >= 11 is 0. The van der Waals surface area contributed by atoms with Crippen molar-refractivity contribution in [3.05, 3.63) is 113 Å². The van der Waals surface area contributed by atoms with Gasteiger partial charge in [0.1, 0.15) is 0 Å². The summed E-state index contributed by atoms with van der Waals surface area (Å²) in [5.41, 5.74) is 4.76. The maximum Gasteiger partial charge on any atom is 0.274 e. The molecule has 11 heteroatoms. The zero-order valence-electron chi connectivity index (χ0n) is 30.6. The van der Waals surface area contributed by atoms with Gasteiger partial charge in [-0.1, -0.05) is 81.3 Å². The summed E-state index contributed by atoms with van der Waals surface area (Å²) < 4.78 is 1.61. The zero-order chi connectivity index (χ0) is 37.2. The molecule has 0 radical (unpaired) electrons. The Bertz CT molecular complexity index is 1860. The smallest absolute Gasteiger partial charge is 0.274 e. The largest absolute Gasteiger partial charge is 0.394 e. The van der Waals surface area contributed by atoms with Crippen molar-refractivity contribution >= 4 is 29.3 Å². The van der Waals surface area contributed by atoms with Crippen molar-refractivity contribution in [1.82, 2.24) is 24.9 Å². The number of aromatic nitrogens is 2. The van der Waals surface area contributed by atoms with Crippen LogP contribution >= 0.6 is 0 Å². The van der Waals surface area contributed by atoms with Crippen molar-refractivity contribution < 1.29 is 24.3 Å². The van der Waals surface area contributed by atoms with Crippen molar-refractivity contribution in [2.24, 2.45) is 0 Å². The molecule has 11 nitrogen and oxygen atoms in total. The molecule has 0 fully saturated rings. The van der Waals surface area contributed by atoms with Crippen LogP contribution in [0.5, 0.6) is 0 Å². The SMILES string of the molecule is CCCCN(CCCC)C(=O)c1cc(C)n(-c2ccc(NC(=O)C(CC(=O)NC)c3ccccc3)cc2C(=O)N2Cc3ccccc3C[C@H]2CO)n1. The van der Waals surface area contributed by atoms with E-state index in [0.29, 0.717) is 54.4 Å². The van der Waals surface area contributed by atoms with Crippen LogP contribution in [0.4, 0.5) is 5.69 Å². The van der Waals surface area contributed by atoms with Crippen molar-refractivity contribution in [3.8, 4) is 5.69 Å². The number of aryl methyl sites for hydroxylation is 1. The van der Waals surface area contributed by atoms with Gasteiger partial charge in [0.05, 0.1) is 29.8 Å². The first kappa shape index (κ1) is 38.0. The highest BCUT2D eigenvalue weighted by Gasteiger charge is 2.32. The van der Waals surface area contributed by atoms with E-state index in [4.69, 9.17) is 5.10 Å². The van der Waals surface area contributed by atoms with Crippen LogP contribution in [0.3, 0.4) is 0 Å². The summed E-state index contributed by atoms with van der Waals surface area (Å²) in [6.07, 6.45) is 4.14. The molecule has 4 amide bonds. The summed E-state index contributed by atoms with van der Waals surface area (Å²) in [5, 5.41) is 20.8. The average Bonchev–Trinajstić information content (AvgIpc) is 3.56. The Hall–Kier alpha value is -5.29. The van der Waals surface area contributed by atoms with Crippen LogP contribution in [0.15, 0.2) is 78.9 Å². The third kappa shape index (κ3) is 8.77. The van der Waals surface area contributed by atoms with Gasteiger partial charge in [-0.3, -0.25) is 19.2 Å². The molecule has 2 atom stereocenters. The first-order valence-electron chi connectivity index (χ1n) is 18.2. The second-order valence-electron chi connectivity index (χ2n) is 13.4. The Morgan fingerprint density at radius 1 is 0.923 bits per heavy atom. The Morgan fingerprint density at radius 2 is 1.60 bits per heavy atom. The molecule has 274 valence electrons. The van der Waals surface area contributed by atoms with E-state index in [1.165, 1.54) is 7.05 Å². The molecular weight excluding hydrogens is 656 g/mol. The number of fused-ring (bicyclic) bond motifs is 1. The molecule has 0 saturated carbocycles. The third-order valence-corrected chi connectivity index (χ3v) is 9.69. The predicted molar refractivity (Wildman–Crippen MR) is 201 cm³/mol. The quantitative estimate of drug-likeness (QED) is 0.146. The van der Waals surface area contributed by atoms with Crippen LogP contribution in [-0.2, 0) is 22.6 Å². The van der Waals surface area contributed by atoms with Crippen LogP contribution < -0.4 is 10.6 Å². The van der Waals surface area contributed by atoms with Gasteiger partial charge >= 0.3 is 0 Å². The van der Waals surface area contributed by atoms with Gasteiger partial charge in [0, 0.05) is 44.5 Å². The number of aliphatic hydroxyl groups excluding tert-OH is 1. The standard InChI is InChI=1S/C41H50N6O5/c1-5-7-20-45(21-8-6-2)41(52)36-22-28(3)47(44-36)37-19-18-32(43-39(50)34(25-38(49)42-4)29-14-10-9-11-15-29)24-35(37)40(51)46-26-31-17-13-12-16-30(31)23-33(46)27-48/h9-19,22,24,33-34,48H,5-8,20-21,23,25-27H2,1-4H3,(H,42,49)(H,43,50)/t33-,34?/m0/s1. The van der Waals surface area contributed by atoms with Crippen molar-refractivity contribution in [2.75, 3.05) is 32.1 Å². The van der Waals surface area contributed by atoms with Gasteiger partial charge in [-0.05, 0) is 67.1 Å². The number of nitrogens with zero attached hydrogens (tertiary/aromatic N) is 4. The number of hydrogen-bond donors (Lipinski definition) is 3. The number of benzene rings is 3. The van der Waals surface area contributed by atoms with Gasteiger partial charge in [0.15, 0.2) is 5.69 Å². The van der Waals surface area contributed by atoms with Crippen molar-refractivity contribution in [1.29, 1.82) is 0 Å². The van der Waals surface area contributed by atoms with E-state index in [0.717, 1.165) is 36.8 Å². The van der Waals surface area contributed by atoms with E-state index in [1.807, 2.05) is 54.3 Å². The van der Waals surface area contributed by atoms with Gasteiger partial charge in [-0.15, -0.1) is 0 Å². The van der Waals surface area contributed by atoms with Gasteiger partial charge in [-0.2, -0.15) is 5.10 Å². The number of anilines is 1. The van der Waals surface area contributed by atoms with Gasteiger partial charge in [0.25, 0.3) is 11.8 Å². The number of aliphatic hydroxyl groups is 1. The molecule has 2 heterocycles. The molecule has 1 aromatic heterocycles. The van der Waals surface area contributed by atoms with E-state index in [2.05, 4.69) is 24.5 Å². The molecule has 1 unspecified atom stereocenters. The van der Waals surface area contributed by atoms with E-state index < -0.39 is 17.9 Å². The minimum absolute atomic E-state index is 0.0571. The third-order valence-electron chi connectivity index (χ3n) is 9.69. The van der Waals surface area contributed by atoms with E-state index >= 15 is 0 Å². The number of amides is 4. The van der Waals surface area contributed by atoms with Gasteiger partial charge in [-0.25, -0.2) is 4.68 Å². The number of nitrogens with one attached hydrogen (secondary N) is 2. The summed E-state index contributed by atoms with van der Waals surface area (Å²) in [7, 11) is 1.53. The Kier molecular flexibility index (Phi) is 13.0. The molecule has 0 bridgehead atoms. The number of carbonyl (C=O) groups excluding carboxylic acids is 4. The minimum Gasteiger partial charge on any atom is -0.394 e. The number of unbranched alkanes of at least 4 members (excludes halogenated alkanes) is 2. The van der Waals surface area contributed by atoms with Crippen LogP contribution in [0.1, 0.15) is 95.1 Å². The van der Waals surface area contributed by atoms with Crippen LogP contribution in [-0.4, -0.2) is 81.1 Å². The molecule has 4 aromatic rings. The van der Waals surface area contributed by atoms with Gasteiger partial charge < -0.3 is 25.5 Å². The topological polar surface area (TPSA) is 137 Å². The lowest BCUT2D eigenvalue weighted by Crippen LogP contribution is -2.46. The first-order valence-corrected chi connectivity index (χ1v) is 18.2. The summed E-state index contributed by atoms with van der Waals surface area (Å²) in [6, 6.07) is 23.3. The molecule has 0 saturated heterocycles. The summed E-state index contributed by atoms with van der Waals surface area (Å²) in [6.45, 7) is 7.38. The zero-order valence-corrected chi connectivity index (χ0v) is 30.6. The van der Waals surface area contributed by atoms with E-state index in [-0.39, 0.29) is 36.3 Å². The Balaban J connectivity index is 1.55. The fourth-order valence-electron chi connectivity index (χ4n) is 6.67.